The van der Waals surface area contributed by atoms with Crippen molar-refractivity contribution in [3.63, 3.8) is 0 Å². The first-order valence-corrected chi connectivity index (χ1v) is 16.8. The second-order valence-electron chi connectivity index (χ2n) is 13.5. The Kier molecular flexibility index (Phi) is 7.51. The van der Waals surface area contributed by atoms with Crippen molar-refractivity contribution in [3.8, 4) is 23.7 Å². The van der Waals surface area contributed by atoms with Gasteiger partial charge in [0.05, 0.1) is 0 Å². The third-order valence-electron chi connectivity index (χ3n) is 9.92. The predicted octanol–water partition coefficient (Wildman–Crippen LogP) is 9.99. The predicted molar refractivity (Wildman–Crippen MR) is 206 cm³/mol. The van der Waals surface area contributed by atoms with Crippen LogP contribution in [0.25, 0.3) is 43.1 Å². The molecular weight excluding hydrogens is 581 g/mol. The van der Waals surface area contributed by atoms with Gasteiger partial charge in [-0.05, 0) is 134 Å². The molecule has 48 heavy (non-hydrogen) atoms. The van der Waals surface area contributed by atoms with E-state index in [9.17, 15) is 0 Å². The quantitative estimate of drug-likeness (QED) is 0.141. The number of hydrogen-bond acceptors (Lipinski definition) is 2. The fraction of sp³-hybridized carbons (Fsp3) is 0.174. The zero-order valence-electron chi connectivity index (χ0n) is 28.1. The topological polar surface area (TPSA) is 6.48 Å². The van der Waals surface area contributed by atoms with Crippen LogP contribution in [0, 0.1) is 29.6 Å². The molecule has 1 atom stereocenters. The Morgan fingerprint density at radius 2 is 1.00 bits per heavy atom. The highest BCUT2D eigenvalue weighted by Gasteiger charge is 2.21. The van der Waals surface area contributed by atoms with Crippen molar-refractivity contribution in [1.29, 1.82) is 0 Å². The normalized spacial score (nSPS) is 13.9. The van der Waals surface area contributed by atoms with Crippen molar-refractivity contribution in [2.75, 3.05) is 38.0 Å². The van der Waals surface area contributed by atoms with E-state index in [1.807, 2.05) is 0 Å². The Bertz CT molecular complexity index is 2470. The van der Waals surface area contributed by atoms with Crippen LogP contribution in [0.4, 0.5) is 11.4 Å². The van der Waals surface area contributed by atoms with Crippen LogP contribution >= 0.6 is 0 Å². The van der Waals surface area contributed by atoms with E-state index in [4.69, 9.17) is 0 Å². The molecule has 0 amide bonds. The molecule has 2 nitrogen and oxygen atoms in total. The second-order valence-corrected chi connectivity index (χ2v) is 13.5. The molecule has 0 fully saturated rings. The fourth-order valence-electron chi connectivity index (χ4n) is 7.25. The number of nitrogens with zero attached hydrogens (tertiary/aromatic N) is 2. The maximum atomic E-state index is 3.67. The highest BCUT2D eigenvalue weighted by atomic mass is 15.1. The van der Waals surface area contributed by atoms with Crippen molar-refractivity contribution in [1.82, 2.24) is 0 Å². The van der Waals surface area contributed by atoms with Gasteiger partial charge in [-0.1, -0.05) is 78.3 Å². The van der Waals surface area contributed by atoms with Gasteiger partial charge in [0.25, 0.3) is 0 Å². The number of rotatable bonds is 2. The molecule has 0 saturated heterocycles. The maximum Gasteiger partial charge on any atom is 0.0361 e. The molecule has 1 aliphatic rings. The molecule has 0 N–H and O–H groups in total. The first-order valence-electron chi connectivity index (χ1n) is 16.8. The molecule has 0 saturated carbocycles. The van der Waals surface area contributed by atoms with Gasteiger partial charge in [-0.25, -0.2) is 0 Å². The van der Waals surface area contributed by atoms with Crippen LogP contribution in [0.3, 0.4) is 0 Å². The number of benzene rings is 7. The molecule has 7 aromatic rings. The minimum Gasteiger partial charge on any atom is -0.378 e. The molecule has 232 valence electrons. The number of aryl methyl sites for hydroxylation is 1. The summed E-state index contributed by atoms with van der Waals surface area (Å²) in [7, 11) is 8.25. The van der Waals surface area contributed by atoms with Gasteiger partial charge >= 0.3 is 0 Å². The van der Waals surface area contributed by atoms with E-state index in [1.165, 1.54) is 65.6 Å². The summed E-state index contributed by atoms with van der Waals surface area (Å²) < 4.78 is 0. The Balaban J connectivity index is 1.26. The summed E-state index contributed by atoms with van der Waals surface area (Å²) in [5, 5.41) is 10.4. The number of hydrogen-bond donors (Lipinski definition) is 0. The SMILES string of the molecule is CN(C)c1ccc(C#Cc2ccc3ccc4ccc5ccc6ccc7c(c6c5c4c3c2)CC(C#Cc2ccc(N(C)C)cc2)CC7)cc1. The molecule has 1 unspecified atom stereocenters. The highest BCUT2D eigenvalue weighted by Crippen LogP contribution is 2.41. The zero-order chi connectivity index (χ0) is 32.8. The van der Waals surface area contributed by atoms with Crippen LogP contribution in [-0.4, -0.2) is 28.2 Å². The summed E-state index contributed by atoms with van der Waals surface area (Å²) in [4.78, 5) is 4.23. The van der Waals surface area contributed by atoms with Crippen LogP contribution < -0.4 is 9.80 Å². The molecule has 2 heteroatoms. The molecule has 1 aliphatic carbocycles. The molecule has 7 aromatic carbocycles. The van der Waals surface area contributed by atoms with Gasteiger partial charge in [0.1, 0.15) is 0 Å². The van der Waals surface area contributed by atoms with Crippen molar-refractivity contribution in [2.24, 2.45) is 5.92 Å². The van der Waals surface area contributed by atoms with Crippen molar-refractivity contribution in [3.05, 3.63) is 143 Å². The van der Waals surface area contributed by atoms with Gasteiger partial charge < -0.3 is 9.80 Å². The van der Waals surface area contributed by atoms with Crippen molar-refractivity contribution in [2.45, 2.75) is 19.3 Å². The molecule has 8 rings (SSSR count). The lowest BCUT2D eigenvalue weighted by Crippen LogP contribution is -2.13. The monoisotopic (exact) mass is 618 g/mol. The van der Waals surface area contributed by atoms with Crippen molar-refractivity contribution < 1.29 is 0 Å². The van der Waals surface area contributed by atoms with Gasteiger partial charge in [-0.2, -0.15) is 0 Å². The Morgan fingerprint density at radius 3 is 1.65 bits per heavy atom. The smallest absolute Gasteiger partial charge is 0.0361 e. The molecular formula is C46H38N2. The zero-order valence-corrected chi connectivity index (χ0v) is 28.1. The van der Waals surface area contributed by atoms with E-state index in [0.29, 0.717) is 5.92 Å². The van der Waals surface area contributed by atoms with Gasteiger partial charge in [0.15, 0.2) is 0 Å². The molecule has 0 radical (unpaired) electrons. The van der Waals surface area contributed by atoms with Crippen LogP contribution in [0.1, 0.15) is 34.2 Å². The van der Waals surface area contributed by atoms with Crippen LogP contribution in [-0.2, 0) is 12.8 Å². The molecule has 0 aliphatic heterocycles. The average molecular weight is 619 g/mol. The number of fused-ring (bicyclic) bond motifs is 9. The standard InChI is InChI=1S/C46H38N2/c1-47(2)40-25-11-31(12-26-40)5-7-33-9-15-35-17-19-37-21-23-39-24-22-38-20-18-36-16-10-34(8-6-32-13-27-41(28-14-32)48(3)4)30-43(36)45(38)46(39)44(37)42(35)29-33/h9,11-15,17-29,34H,10,16,30H2,1-4H3. The fourth-order valence-corrected chi connectivity index (χ4v) is 7.25. The summed E-state index contributed by atoms with van der Waals surface area (Å²) in [6.07, 6.45) is 3.12. The Hall–Kier alpha value is -5.70. The summed E-state index contributed by atoms with van der Waals surface area (Å²) in [5.41, 5.74) is 8.42. The molecule has 0 heterocycles. The van der Waals surface area contributed by atoms with E-state index in [1.54, 1.807) is 0 Å². The Labute approximate surface area is 283 Å². The van der Waals surface area contributed by atoms with Gasteiger partial charge in [-0.3, -0.25) is 0 Å². The minimum atomic E-state index is 0.326. The summed E-state index contributed by atoms with van der Waals surface area (Å²) >= 11 is 0. The molecule has 0 spiro atoms. The summed E-state index contributed by atoms with van der Waals surface area (Å²) in [5.74, 6) is 14.4. The maximum absolute atomic E-state index is 3.67. The first-order chi connectivity index (χ1) is 23.4. The third-order valence-corrected chi connectivity index (χ3v) is 9.92. The molecule has 0 aromatic heterocycles. The number of anilines is 2. The summed E-state index contributed by atoms with van der Waals surface area (Å²) in [6, 6.07) is 42.0. The largest absolute Gasteiger partial charge is 0.378 e. The highest BCUT2D eigenvalue weighted by molar-refractivity contribution is 6.28. The summed E-state index contributed by atoms with van der Waals surface area (Å²) in [6.45, 7) is 0. The lowest BCUT2D eigenvalue weighted by atomic mass is 9.80. The minimum absolute atomic E-state index is 0.326. The van der Waals surface area contributed by atoms with E-state index in [-0.39, 0.29) is 0 Å². The van der Waals surface area contributed by atoms with Crippen LogP contribution in [0.2, 0.25) is 0 Å². The Morgan fingerprint density at radius 1 is 0.500 bits per heavy atom. The van der Waals surface area contributed by atoms with E-state index in [2.05, 4.69) is 177 Å². The third kappa shape index (κ3) is 5.51. The van der Waals surface area contributed by atoms with Gasteiger partial charge in [0, 0.05) is 62.2 Å². The first kappa shape index (κ1) is 29.7. The van der Waals surface area contributed by atoms with E-state index in [0.717, 1.165) is 36.0 Å². The van der Waals surface area contributed by atoms with E-state index >= 15 is 0 Å². The van der Waals surface area contributed by atoms with Gasteiger partial charge in [-0.15, -0.1) is 0 Å². The van der Waals surface area contributed by atoms with Gasteiger partial charge in [0.2, 0.25) is 0 Å². The van der Waals surface area contributed by atoms with E-state index < -0.39 is 0 Å². The lowest BCUT2D eigenvalue weighted by Gasteiger charge is -2.24. The van der Waals surface area contributed by atoms with Crippen molar-refractivity contribution >= 4 is 54.5 Å². The van der Waals surface area contributed by atoms with Crippen LogP contribution in [0.15, 0.2) is 115 Å². The lowest BCUT2D eigenvalue weighted by molar-refractivity contribution is 0.574. The average Bonchev–Trinajstić information content (AvgIpc) is 3.12. The van der Waals surface area contributed by atoms with Crippen LogP contribution in [0.5, 0.6) is 0 Å². The molecule has 0 bridgehead atoms. The second kappa shape index (κ2) is 12.2.